The number of benzene rings is 3. The van der Waals surface area contributed by atoms with E-state index in [1.807, 2.05) is 30.3 Å². The van der Waals surface area contributed by atoms with Gasteiger partial charge in [-0.05, 0) is 42.0 Å². The highest BCUT2D eigenvalue weighted by molar-refractivity contribution is 9.10. The monoisotopic (exact) mass is 591 g/mol. The van der Waals surface area contributed by atoms with Crippen molar-refractivity contribution in [3.05, 3.63) is 120 Å². The van der Waals surface area contributed by atoms with Gasteiger partial charge in [0, 0.05) is 14.5 Å². The summed E-state index contributed by atoms with van der Waals surface area (Å²) in [6, 6.07) is 20.0. The van der Waals surface area contributed by atoms with Crippen molar-refractivity contribution in [2.75, 3.05) is 0 Å². The van der Waals surface area contributed by atoms with Crippen LogP contribution in [0, 0.1) is 0 Å². The highest BCUT2D eigenvalue weighted by Gasteiger charge is 2.47. The van der Waals surface area contributed by atoms with Crippen molar-refractivity contribution in [2.45, 2.75) is 12.0 Å². The molecule has 35 heavy (non-hydrogen) atoms. The van der Waals surface area contributed by atoms with Crippen LogP contribution in [0.4, 0.5) is 0 Å². The Morgan fingerprint density at radius 2 is 1.51 bits per heavy atom. The average Bonchev–Trinajstić information content (AvgIpc) is 3.19. The number of ketones is 2. The van der Waals surface area contributed by atoms with Crippen molar-refractivity contribution in [1.29, 1.82) is 0 Å². The van der Waals surface area contributed by atoms with Crippen LogP contribution in [0.1, 0.15) is 27.4 Å². The lowest BCUT2D eigenvalue weighted by atomic mass is 9.81. The fraction of sp³-hybridized carbons (Fsp3) is 0.0741. The molecule has 172 valence electrons. The van der Waals surface area contributed by atoms with Crippen LogP contribution in [0.25, 0.3) is 11.0 Å². The smallest absolute Gasteiger partial charge is 0.344 e. The molecule has 0 radical (unpaired) electrons. The van der Waals surface area contributed by atoms with E-state index in [1.54, 1.807) is 42.5 Å². The summed E-state index contributed by atoms with van der Waals surface area (Å²) in [5.74, 6) is -1.07. The van der Waals surface area contributed by atoms with Gasteiger partial charge >= 0.3 is 5.63 Å². The summed E-state index contributed by atoms with van der Waals surface area (Å²) in [7, 11) is 0. The quantitative estimate of drug-likeness (QED) is 0.193. The van der Waals surface area contributed by atoms with Gasteiger partial charge in [-0.2, -0.15) is 0 Å². The molecule has 0 fully saturated rings. The third kappa shape index (κ3) is 3.56. The number of hydrogen-bond acceptors (Lipinski definition) is 6. The van der Waals surface area contributed by atoms with Crippen LogP contribution in [0.5, 0.6) is 5.75 Å². The Balaban J connectivity index is 1.52. The van der Waals surface area contributed by atoms with Crippen LogP contribution < -0.4 is 15.7 Å². The largest absolute Gasteiger partial charge is 0.440 e. The zero-order valence-corrected chi connectivity index (χ0v) is 21.1. The van der Waals surface area contributed by atoms with Gasteiger partial charge in [-0.1, -0.05) is 68.3 Å². The predicted octanol–water partition coefficient (Wildman–Crippen LogP) is 5.48. The van der Waals surface area contributed by atoms with E-state index in [0.717, 1.165) is 8.95 Å². The molecule has 3 heterocycles. The van der Waals surface area contributed by atoms with Gasteiger partial charge in [0.25, 0.3) is 0 Å². The fourth-order valence-corrected chi connectivity index (χ4v) is 5.12. The van der Waals surface area contributed by atoms with Gasteiger partial charge in [0.2, 0.25) is 5.88 Å². The van der Waals surface area contributed by atoms with Crippen LogP contribution in [0.3, 0.4) is 0 Å². The number of fused-ring (bicyclic) bond motifs is 3. The predicted molar refractivity (Wildman–Crippen MR) is 137 cm³/mol. The molecule has 3 aromatic carbocycles. The Kier molecular flexibility index (Phi) is 5.23. The van der Waals surface area contributed by atoms with Crippen molar-refractivity contribution in [3.63, 3.8) is 0 Å². The third-order valence-electron chi connectivity index (χ3n) is 6.22. The molecule has 0 amide bonds. The SMILES string of the molecule is O=C1C2=C(NC1C(=O)c1ccc(Br)cc1)Oc1c(c(=O)oc3ccccc13)C2c1ccc(Br)cc1. The van der Waals surface area contributed by atoms with Gasteiger partial charge in [0.15, 0.2) is 23.4 Å². The number of rotatable bonds is 3. The van der Waals surface area contributed by atoms with Gasteiger partial charge in [0.1, 0.15) is 5.58 Å². The van der Waals surface area contributed by atoms with E-state index in [9.17, 15) is 14.4 Å². The molecule has 4 aromatic rings. The summed E-state index contributed by atoms with van der Waals surface area (Å²) in [5.41, 5.74) is 1.35. The topological polar surface area (TPSA) is 85.6 Å². The maximum Gasteiger partial charge on any atom is 0.344 e. The van der Waals surface area contributed by atoms with Gasteiger partial charge < -0.3 is 14.5 Å². The average molecular weight is 593 g/mol. The molecule has 8 heteroatoms. The first-order valence-corrected chi connectivity index (χ1v) is 12.3. The van der Waals surface area contributed by atoms with E-state index in [2.05, 4.69) is 37.2 Å². The van der Waals surface area contributed by atoms with E-state index in [0.29, 0.717) is 27.8 Å². The van der Waals surface area contributed by atoms with Gasteiger partial charge in [-0.3, -0.25) is 9.59 Å². The molecule has 0 saturated heterocycles. The summed E-state index contributed by atoms with van der Waals surface area (Å²) in [5, 5.41) is 3.60. The van der Waals surface area contributed by atoms with E-state index in [-0.39, 0.29) is 22.8 Å². The summed E-state index contributed by atoms with van der Waals surface area (Å²) in [4.78, 5) is 40.2. The summed E-state index contributed by atoms with van der Waals surface area (Å²) in [6.07, 6.45) is 0. The molecule has 6 nitrogen and oxygen atoms in total. The number of Topliss-reactive ketones (excluding diaryl/α,β-unsaturated/α-hetero) is 2. The molecule has 6 rings (SSSR count). The molecule has 2 unspecified atom stereocenters. The second-order valence-electron chi connectivity index (χ2n) is 8.27. The minimum absolute atomic E-state index is 0.182. The number of hydrogen-bond donors (Lipinski definition) is 1. The van der Waals surface area contributed by atoms with E-state index in [4.69, 9.17) is 9.15 Å². The Bertz CT molecular complexity index is 1620. The normalized spacial score (nSPS) is 18.6. The lowest BCUT2D eigenvalue weighted by Gasteiger charge is -2.26. The molecular weight excluding hydrogens is 578 g/mol. The highest BCUT2D eigenvalue weighted by atomic mass is 79.9. The van der Waals surface area contributed by atoms with E-state index in [1.165, 1.54) is 0 Å². The molecule has 0 aliphatic carbocycles. The van der Waals surface area contributed by atoms with Gasteiger partial charge in [0.05, 0.1) is 22.4 Å². The van der Waals surface area contributed by atoms with Gasteiger partial charge in [-0.25, -0.2) is 4.79 Å². The molecule has 1 N–H and O–H groups in total. The molecule has 2 atom stereocenters. The summed E-state index contributed by atoms with van der Waals surface area (Å²) in [6.45, 7) is 0. The molecule has 0 saturated carbocycles. The first-order chi connectivity index (χ1) is 16.9. The molecule has 1 aromatic heterocycles. The van der Waals surface area contributed by atoms with Crippen LogP contribution >= 0.6 is 31.9 Å². The number of ether oxygens (including phenoxy) is 1. The van der Waals surface area contributed by atoms with Crippen molar-refractivity contribution in [3.8, 4) is 5.75 Å². The van der Waals surface area contributed by atoms with Crippen LogP contribution in [-0.2, 0) is 4.79 Å². The number of para-hydroxylation sites is 1. The van der Waals surface area contributed by atoms with Crippen LogP contribution in [0.2, 0.25) is 0 Å². The van der Waals surface area contributed by atoms with Crippen molar-refractivity contribution >= 4 is 54.4 Å². The lowest BCUT2D eigenvalue weighted by Crippen LogP contribution is -2.38. The van der Waals surface area contributed by atoms with Crippen LogP contribution in [-0.4, -0.2) is 17.6 Å². The summed E-state index contributed by atoms with van der Waals surface area (Å²) >= 11 is 6.79. The number of carbonyl (C=O) groups is 2. The maximum atomic E-state index is 13.7. The zero-order chi connectivity index (χ0) is 24.3. The second-order valence-corrected chi connectivity index (χ2v) is 10.1. The third-order valence-corrected chi connectivity index (χ3v) is 7.28. The Labute approximate surface area is 215 Å². The number of carbonyl (C=O) groups excluding carboxylic acids is 2. The first-order valence-electron chi connectivity index (χ1n) is 10.8. The first kappa shape index (κ1) is 22.0. The Morgan fingerprint density at radius 1 is 0.857 bits per heavy atom. The Hall–Kier alpha value is -3.49. The minimum atomic E-state index is -1.16. The molecular formula is C27H15Br2NO5. The highest BCUT2D eigenvalue weighted by Crippen LogP contribution is 2.46. The molecule has 2 aliphatic heterocycles. The zero-order valence-electron chi connectivity index (χ0n) is 17.9. The Morgan fingerprint density at radius 3 is 2.23 bits per heavy atom. The molecule has 0 spiro atoms. The summed E-state index contributed by atoms with van der Waals surface area (Å²) < 4.78 is 13.4. The van der Waals surface area contributed by atoms with Crippen molar-refractivity contribution in [2.24, 2.45) is 0 Å². The second kappa shape index (κ2) is 8.32. The standard InChI is InChI=1S/C27H15Br2NO5/c28-15-9-5-13(6-10-15)19-20-24(32)22(23(31)14-7-11-16(29)12-8-14)30-26(20)35-25-17-3-1-2-4-18(17)34-27(33)21(19)25/h1-12,19,22,30H. The molecule has 0 bridgehead atoms. The fourth-order valence-electron chi connectivity index (χ4n) is 4.59. The van der Waals surface area contributed by atoms with Crippen LogP contribution in [0.15, 0.2) is 102 Å². The number of nitrogens with one attached hydrogen (secondary N) is 1. The van der Waals surface area contributed by atoms with Gasteiger partial charge in [-0.15, -0.1) is 0 Å². The minimum Gasteiger partial charge on any atom is -0.440 e. The van der Waals surface area contributed by atoms with E-state index >= 15 is 0 Å². The van der Waals surface area contributed by atoms with Crippen molar-refractivity contribution < 1.29 is 18.7 Å². The van der Waals surface area contributed by atoms with E-state index < -0.39 is 23.4 Å². The van der Waals surface area contributed by atoms with Crippen molar-refractivity contribution in [1.82, 2.24) is 5.32 Å². The maximum absolute atomic E-state index is 13.7. The molecule has 2 aliphatic rings. The lowest BCUT2D eigenvalue weighted by molar-refractivity contribution is -0.115. The number of halogens is 2.